The van der Waals surface area contributed by atoms with Crippen molar-refractivity contribution in [1.82, 2.24) is 20.9 Å². The maximum Gasteiger partial charge on any atom is 0.325 e. The Morgan fingerprint density at radius 3 is 1.98 bits per heavy atom. The van der Waals surface area contributed by atoms with Gasteiger partial charge in [0.1, 0.15) is 18.6 Å². The Morgan fingerprint density at radius 2 is 1.51 bits per heavy atom. The van der Waals surface area contributed by atoms with Crippen LogP contribution in [0.2, 0.25) is 0 Å². The minimum atomic E-state index is -1.10. The lowest BCUT2D eigenvalue weighted by atomic mass is 9.80. The number of likely N-dealkylation sites (tertiary alicyclic amines) is 1. The molecule has 0 aromatic rings. The standard InChI is InChI=1S/C29H47N5O7.C4H10/c1-16(2)19-12-21(26(38)32-20(23(36)25(30)37)11-17-7-6-8-17)34(14-19)27(39)24(29(3,4)5)33-28(40)31-13-22(35)41-15-18-9-10-18;1-4(2)3/h16-21,24H,6-15H2,1-5H3,(H2,30,37)(H,32,38)(H2,31,33,40);4H,1-3H3. The Kier molecular flexibility index (Phi) is 14.3. The highest BCUT2D eigenvalue weighted by molar-refractivity contribution is 6.37. The molecule has 256 valence electrons. The molecule has 0 radical (unpaired) electrons. The lowest BCUT2D eigenvalue weighted by molar-refractivity contribution is -0.143. The van der Waals surface area contributed by atoms with Gasteiger partial charge in [0.25, 0.3) is 5.91 Å². The number of nitrogens with one attached hydrogen (secondary N) is 3. The van der Waals surface area contributed by atoms with Gasteiger partial charge < -0.3 is 31.3 Å². The number of ketones is 1. The van der Waals surface area contributed by atoms with Crippen LogP contribution in [0.1, 0.15) is 100 Å². The first-order valence-electron chi connectivity index (χ1n) is 16.5. The average Bonchev–Trinajstić information content (AvgIpc) is 3.63. The summed E-state index contributed by atoms with van der Waals surface area (Å²) in [7, 11) is 0. The summed E-state index contributed by atoms with van der Waals surface area (Å²) in [5.41, 5.74) is 4.54. The van der Waals surface area contributed by atoms with Gasteiger partial charge in [-0.2, -0.15) is 0 Å². The van der Waals surface area contributed by atoms with E-state index in [0.717, 1.165) is 38.0 Å². The SMILES string of the molecule is CC(C)C.CC(C)C1CC(C(=O)NC(CC2CCC2)C(=O)C(N)=O)N(C(=O)C(NC(=O)NCC(=O)OCC2CC2)C(C)(C)C)C1. The molecule has 4 atom stereocenters. The highest BCUT2D eigenvalue weighted by atomic mass is 16.5. The number of nitrogens with two attached hydrogens (primary N) is 1. The Labute approximate surface area is 268 Å². The third-order valence-corrected chi connectivity index (χ3v) is 8.49. The number of ether oxygens (including phenoxy) is 1. The first-order valence-corrected chi connectivity index (χ1v) is 16.5. The number of rotatable bonds is 13. The van der Waals surface area contributed by atoms with Gasteiger partial charge in [-0.15, -0.1) is 0 Å². The molecular formula is C33H57N5O7. The maximum atomic E-state index is 14.0. The molecule has 2 saturated carbocycles. The van der Waals surface area contributed by atoms with Crippen LogP contribution in [-0.4, -0.2) is 78.2 Å². The number of esters is 1. The lowest BCUT2D eigenvalue weighted by Gasteiger charge is -2.36. The van der Waals surface area contributed by atoms with E-state index in [1.54, 1.807) is 20.8 Å². The monoisotopic (exact) mass is 635 g/mol. The number of primary amides is 1. The third-order valence-electron chi connectivity index (χ3n) is 8.49. The fourth-order valence-electron chi connectivity index (χ4n) is 5.27. The Bertz CT molecular complexity index is 1060. The van der Waals surface area contributed by atoms with Crippen molar-refractivity contribution >= 4 is 35.5 Å². The molecule has 5 N–H and O–H groups in total. The topological polar surface area (TPSA) is 177 Å². The number of carbonyl (C=O) groups excluding carboxylic acids is 6. The Hall–Kier alpha value is -3.18. The zero-order chi connectivity index (χ0) is 34.1. The summed E-state index contributed by atoms with van der Waals surface area (Å²) in [5.74, 6) is -1.81. The van der Waals surface area contributed by atoms with Gasteiger partial charge in [0.05, 0.1) is 12.6 Å². The minimum absolute atomic E-state index is 0.0160. The zero-order valence-corrected chi connectivity index (χ0v) is 28.6. The second-order valence-electron chi connectivity index (χ2n) is 15.1. The Balaban J connectivity index is 0.00000166. The second-order valence-corrected chi connectivity index (χ2v) is 15.1. The van der Waals surface area contributed by atoms with Crippen molar-refractivity contribution in [3.05, 3.63) is 0 Å². The normalized spacial score (nSPS) is 21.2. The van der Waals surface area contributed by atoms with E-state index < -0.39 is 59.0 Å². The number of nitrogens with zero attached hydrogens (tertiary/aromatic N) is 1. The van der Waals surface area contributed by atoms with Crippen molar-refractivity contribution in [2.45, 2.75) is 118 Å². The first-order chi connectivity index (χ1) is 20.9. The number of hydrogen-bond donors (Lipinski definition) is 4. The summed E-state index contributed by atoms with van der Waals surface area (Å²) in [6.07, 6.45) is 5.65. The molecule has 1 saturated heterocycles. The molecular weight excluding hydrogens is 578 g/mol. The fraction of sp³-hybridized carbons (Fsp3) is 0.818. The lowest BCUT2D eigenvalue weighted by Crippen LogP contribution is -2.60. The zero-order valence-electron chi connectivity index (χ0n) is 28.6. The van der Waals surface area contributed by atoms with Crippen LogP contribution < -0.4 is 21.7 Å². The summed E-state index contributed by atoms with van der Waals surface area (Å²) >= 11 is 0. The van der Waals surface area contributed by atoms with E-state index in [2.05, 4.69) is 36.7 Å². The van der Waals surface area contributed by atoms with Gasteiger partial charge in [0, 0.05) is 6.54 Å². The van der Waals surface area contributed by atoms with Crippen molar-refractivity contribution in [3.8, 4) is 0 Å². The molecule has 0 aromatic heterocycles. The number of carbonyl (C=O) groups is 6. The molecule has 2 aliphatic carbocycles. The number of urea groups is 1. The molecule has 0 spiro atoms. The second kappa shape index (κ2) is 16.9. The van der Waals surface area contributed by atoms with E-state index in [0.29, 0.717) is 31.9 Å². The highest BCUT2D eigenvalue weighted by Gasteiger charge is 2.46. The minimum Gasteiger partial charge on any atom is -0.464 e. The van der Waals surface area contributed by atoms with Gasteiger partial charge in [0.2, 0.25) is 17.6 Å². The predicted molar refractivity (Wildman–Crippen MR) is 171 cm³/mol. The van der Waals surface area contributed by atoms with E-state index in [1.807, 2.05) is 13.8 Å². The van der Waals surface area contributed by atoms with Crippen molar-refractivity contribution in [2.75, 3.05) is 19.7 Å². The summed E-state index contributed by atoms with van der Waals surface area (Å²) in [5, 5.41) is 7.87. The predicted octanol–water partition coefficient (Wildman–Crippen LogP) is 2.92. The van der Waals surface area contributed by atoms with Crippen molar-refractivity contribution < 1.29 is 33.5 Å². The summed E-state index contributed by atoms with van der Waals surface area (Å²) in [6, 6.07) is -3.63. The molecule has 0 aromatic carbocycles. The van der Waals surface area contributed by atoms with Gasteiger partial charge in [-0.25, -0.2) is 4.79 Å². The van der Waals surface area contributed by atoms with Crippen LogP contribution >= 0.6 is 0 Å². The summed E-state index contributed by atoms with van der Waals surface area (Å²) in [4.78, 5) is 77.9. The molecule has 4 unspecified atom stereocenters. The van der Waals surface area contributed by atoms with Gasteiger partial charge in [-0.1, -0.05) is 74.7 Å². The van der Waals surface area contributed by atoms with Crippen LogP contribution in [0.15, 0.2) is 0 Å². The van der Waals surface area contributed by atoms with E-state index >= 15 is 0 Å². The maximum absolute atomic E-state index is 14.0. The van der Waals surface area contributed by atoms with E-state index in [4.69, 9.17) is 10.5 Å². The van der Waals surface area contributed by atoms with Gasteiger partial charge in [-0.3, -0.25) is 24.0 Å². The average molecular weight is 636 g/mol. The molecule has 3 fully saturated rings. The highest BCUT2D eigenvalue weighted by Crippen LogP contribution is 2.33. The van der Waals surface area contributed by atoms with Crippen molar-refractivity contribution in [1.29, 1.82) is 0 Å². The van der Waals surface area contributed by atoms with Crippen LogP contribution in [0.5, 0.6) is 0 Å². The van der Waals surface area contributed by atoms with Crippen molar-refractivity contribution in [3.63, 3.8) is 0 Å². The quantitative estimate of drug-likeness (QED) is 0.178. The number of amides is 5. The van der Waals surface area contributed by atoms with E-state index in [9.17, 15) is 28.8 Å². The van der Waals surface area contributed by atoms with Gasteiger partial charge >= 0.3 is 12.0 Å². The molecule has 0 bridgehead atoms. The fourth-order valence-corrected chi connectivity index (χ4v) is 5.27. The molecule has 5 amide bonds. The van der Waals surface area contributed by atoms with Crippen molar-refractivity contribution in [2.24, 2.45) is 40.7 Å². The summed E-state index contributed by atoms with van der Waals surface area (Å²) < 4.78 is 5.14. The molecule has 3 aliphatic rings. The molecule has 12 nitrogen and oxygen atoms in total. The molecule has 3 rings (SSSR count). The van der Waals surface area contributed by atoms with Crippen LogP contribution in [0.4, 0.5) is 4.79 Å². The third kappa shape index (κ3) is 12.6. The molecule has 1 heterocycles. The van der Waals surface area contributed by atoms with E-state index in [1.165, 1.54) is 4.90 Å². The van der Waals surface area contributed by atoms with Gasteiger partial charge in [-0.05, 0) is 60.7 Å². The smallest absolute Gasteiger partial charge is 0.325 e. The largest absolute Gasteiger partial charge is 0.464 e. The van der Waals surface area contributed by atoms with E-state index in [-0.39, 0.29) is 24.3 Å². The molecule has 45 heavy (non-hydrogen) atoms. The van der Waals surface area contributed by atoms with Crippen LogP contribution in [-0.2, 0) is 28.7 Å². The van der Waals surface area contributed by atoms with Crippen LogP contribution in [0.3, 0.4) is 0 Å². The first kappa shape index (κ1) is 38.0. The van der Waals surface area contributed by atoms with Crippen LogP contribution in [0.25, 0.3) is 0 Å². The molecule has 12 heteroatoms. The number of hydrogen-bond acceptors (Lipinski definition) is 7. The Morgan fingerprint density at radius 1 is 0.911 bits per heavy atom. The molecule has 1 aliphatic heterocycles. The summed E-state index contributed by atoms with van der Waals surface area (Å²) in [6.45, 7) is 16.2. The number of Topliss-reactive ketones (excluding diaryl/α,β-unsaturated/α-hetero) is 1. The van der Waals surface area contributed by atoms with Crippen LogP contribution in [0, 0.1) is 35.0 Å². The van der Waals surface area contributed by atoms with Gasteiger partial charge in [0.15, 0.2) is 0 Å².